The van der Waals surface area contributed by atoms with Gasteiger partial charge >= 0.3 is 0 Å². The van der Waals surface area contributed by atoms with E-state index < -0.39 is 0 Å². The van der Waals surface area contributed by atoms with Crippen LogP contribution in [0.5, 0.6) is 0 Å². The third kappa shape index (κ3) is 3.08. The fraction of sp³-hybridized carbons (Fsp3) is 0.227. The maximum atomic E-state index is 13.1. The summed E-state index contributed by atoms with van der Waals surface area (Å²) in [7, 11) is 0. The third-order valence-electron chi connectivity index (χ3n) is 5.14. The van der Waals surface area contributed by atoms with Gasteiger partial charge in [0, 0.05) is 25.0 Å². The highest BCUT2D eigenvalue weighted by atomic mass is 19.1. The van der Waals surface area contributed by atoms with E-state index >= 15 is 0 Å². The zero-order valence-corrected chi connectivity index (χ0v) is 14.7. The molecule has 1 atom stereocenters. The molecule has 0 bridgehead atoms. The molecule has 0 aliphatic carbocycles. The maximum absolute atomic E-state index is 13.1. The van der Waals surface area contributed by atoms with E-state index in [1.807, 2.05) is 36.1 Å². The third-order valence-corrected chi connectivity index (χ3v) is 5.14. The molecular weight excluding hydrogens is 327 g/mol. The van der Waals surface area contributed by atoms with Crippen molar-refractivity contribution in [2.75, 3.05) is 18.0 Å². The second-order valence-corrected chi connectivity index (χ2v) is 6.76. The lowest BCUT2D eigenvalue weighted by Gasteiger charge is -2.39. The number of amides is 1. The molecule has 1 aliphatic heterocycles. The van der Waals surface area contributed by atoms with Crippen LogP contribution in [0.15, 0.2) is 66.7 Å². The first-order chi connectivity index (χ1) is 12.6. The lowest BCUT2D eigenvalue weighted by atomic mass is 10.1. The molecule has 0 unspecified atom stereocenters. The Morgan fingerprint density at radius 1 is 0.962 bits per heavy atom. The monoisotopic (exact) mass is 348 g/mol. The first kappa shape index (κ1) is 16.7. The molecule has 0 aromatic heterocycles. The van der Waals surface area contributed by atoms with Gasteiger partial charge in [-0.05, 0) is 36.1 Å². The van der Waals surface area contributed by atoms with Crippen molar-refractivity contribution >= 4 is 22.4 Å². The van der Waals surface area contributed by atoms with Crippen molar-refractivity contribution in [1.82, 2.24) is 4.90 Å². The Labute approximate surface area is 152 Å². The number of piperazine rings is 1. The average molecular weight is 348 g/mol. The van der Waals surface area contributed by atoms with Crippen LogP contribution in [-0.2, 0) is 11.3 Å². The molecule has 0 radical (unpaired) electrons. The lowest BCUT2D eigenvalue weighted by molar-refractivity contribution is -0.125. The molecule has 3 nitrogen and oxygen atoms in total. The SMILES string of the molecule is C[C@@H]1C(=O)N(c2cccc3ccccc23)CCN1Cc1ccc(F)cc1. The van der Waals surface area contributed by atoms with Crippen molar-refractivity contribution in [3.63, 3.8) is 0 Å². The fourth-order valence-corrected chi connectivity index (χ4v) is 3.64. The Bertz CT molecular complexity index is 933. The van der Waals surface area contributed by atoms with Gasteiger partial charge in [0.05, 0.1) is 11.7 Å². The van der Waals surface area contributed by atoms with Gasteiger partial charge in [-0.1, -0.05) is 48.5 Å². The highest BCUT2D eigenvalue weighted by Gasteiger charge is 2.32. The minimum absolute atomic E-state index is 0.106. The summed E-state index contributed by atoms with van der Waals surface area (Å²) in [6, 6.07) is 20.5. The number of carbonyl (C=O) groups excluding carboxylic acids is 1. The van der Waals surface area contributed by atoms with E-state index in [-0.39, 0.29) is 17.8 Å². The number of carbonyl (C=O) groups is 1. The van der Waals surface area contributed by atoms with Crippen molar-refractivity contribution in [3.8, 4) is 0 Å². The van der Waals surface area contributed by atoms with Gasteiger partial charge in [-0.15, -0.1) is 0 Å². The van der Waals surface area contributed by atoms with E-state index in [1.54, 1.807) is 12.1 Å². The van der Waals surface area contributed by atoms with Gasteiger partial charge in [-0.2, -0.15) is 0 Å². The molecule has 0 saturated carbocycles. The number of fused-ring (bicyclic) bond motifs is 1. The number of hydrogen-bond acceptors (Lipinski definition) is 2. The van der Waals surface area contributed by atoms with Crippen LogP contribution in [0.2, 0.25) is 0 Å². The van der Waals surface area contributed by atoms with Crippen LogP contribution >= 0.6 is 0 Å². The van der Waals surface area contributed by atoms with Crippen LogP contribution in [0.4, 0.5) is 10.1 Å². The van der Waals surface area contributed by atoms with Gasteiger partial charge in [0.2, 0.25) is 5.91 Å². The van der Waals surface area contributed by atoms with Gasteiger partial charge in [0.25, 0.3) is 0 Å². The van der Waals surface area contributed by atoms with E-state index in [0.717, 1.165) is 28.6 Å². The largest absolute Gasteiger partial charge is 0.309 e. The van der Waals surface area contributed by atoms with Crippen LogP contribution in [0.3, 0.4) is 0 Å². The molecular formula is C22H21FN2O. The summed E-state index contributed by atoms with van der Waals surface area (Å²) >= 11 is 0. The number of hydrogen-bond donors (Lipinski definition) is 0. The molecule has 3 aromatic carbocycles. The second-order valence-electron chi connectivity index (χ2n) is 6.76. The number of benzene rings is 3. The van der Waals surface area contributed by atoms with E-state index in [9.17, 15) is 9.18 Å². The fourth-order valence-electron chi connectivity index (χ4n) is 3.64. The van der Waals surface area contributed by atoms with Gasteiger partial charge in [0.1, 0.15) is 5.82 Å². The Hall–Kier alpha value is -2.72. The minimum Gasteiger partial charge on any atom is -0.309 e. The maximum Gasteiger partial charge on any atom is 0.244 e. The van der Waals surface area contributed by atoms with Crippen molar-refractivity contribution in [1.29, 1.82) is 0 Å². The molecule has 1 amide bonds. The zero-order chi connectivity index (χ0) is 18.1. The summed E-state index contributed by atoms with van der Waals surface area (Å²) in [6.07, 6.45) is 0. The Morgan fingerprint density at radius 2 is 1.69 bits per heavy atom. The van der Waals surface area contributed by atoms with Crippen LogP contribution in [0.25, 0.3) is 10.8 Å². The molecule has 26 heavy (non-hydrogen) atoms. The van der Waals surface area contributed by atoms with E-state index in [0.29, 0.717) is 13.1 Å². The predicted octanol–water partition coefficient (Wildman–Crippen LogP) is 4.22. The van der Waals surface area contributed by atoms with Gasteiger partial charge in [-0.3, -0.25) is 9.69 Å². The summed E-state index contributed by atoms with van der Waals surface area (Å²) in [5.74, 6) is -0.131. The number of anilines is 1. The molecule has 1 fully saturated rings. The number of rotatable bonds is 3. The number of nitrogens with zero attached hydrogens (tertiary/aromatic N) is 2. The molecule has 4 rings (SSSR count). The normalized spacial score (nSPS) is 18.5. The zero-order valence-electron chi connectivity index (χ0n) is 14.7. The summed E-state index contributed by atoms with van der Waals surface area (Å²) in [6.45, 7) is 4.03. The van der Waals surface area contributed by atoms with Crippen molar-refractivity contribution in [3.05, 3.63) is 78.1 Å². The molecule has 0 spiro atoms. The van der Waals surface area contributed by atoms with Crippen molar-refractivity contribution in [2.45, 2.75) is 19.5 Å². The molecule has 1 saturated heterocycles. The topological polar surface area (TPSA) is 23.6 Å². The van der Waals surface area contributed by atoms with E-state index in [4.69, 9.17) is 0 Å². The average Bonchev–Trinajstić information content (AvgIpc) is 2.67. The molecule has 1 heterocycles. The highest BCUT2D eigenvalue weighted by molar-refractivity contribution is 6.05. The van der Waals surface area contributed by atoms with Gasteiger partial charge < -0.3 is 4.90 Å². The van der Waals surface area contributed by atoms with Crippen LogP contribution < -0.4 is 4.90 Å². The standard InChI is InChI=1S/C22H21FN2O/c1-16-22(26)25(21-8-4-6-18-5-2-3-7-20(18)21)14-13-24(16)15-17-9-11-19(23)12-10-17/h2-12,16H,13-15H2,1H3/t16-/m1/s1. The van der Waals surface area contributed by atoms with Gasteiger partial charge in [-0.25, -0.2) is 4.39 Å². The predicted molar refractivity (Wildman–Crippen MR) is 103 cm³/mol. The first-order valence-corrected chi connectivity index (χ1v) is 8.91. The molecule has 4 heteroatoms. The lowest BCUT2D eigenvalue weighted by Crippen LogP contribution is -2.55. The summed E-state index contributed by atoms with van der Waals surface area (Å²) in [5, 5.41) is 2.24. The van der Waals surface area contributed by atoms with Crippen LogP contribution in [0, 0.1) is 5.82 Å². The summed E-state index contributed by atoms with van der Waals surface area (Å²) < 4.78 is 13.1. The Morgan fingerprint density at radius 3 is 2.50 bits per heavy atom. The molecule has 132 valence electrons. The smallest absolute Gasteiger partial charge is 0.244 e. The molecule has 0 N–H and O–H groups in total. The van der Waals surface area contributed by atoms with Gasteiger partial charge in [0.15, 0.2) is 0 Å². The van der Waals surface area contributed by atoms with Crippen LogP contribution in [-0.4, -0.2) is 29.9 Å². The molecule has 1 aliphatic rings. The van der Waals surface area contributed by atoms with Crippen molar-refractivity contribution in [2.24, 2.45) is 0 Å². The molecule has 3 aromatic rings. The first-order valence-electron chi connectivity index (χ1n) is 8.91. The Balaban J connectivity index is 1.57. The minimum atomic E-state index is -0.237. The van der Waals surface area contributed by atoms with E-state index in [1.165, 1.54) is 12.1 Å². The highest BCUT2D eigenvalue weighted by Crippen LogP contribution is 2.29. The summed E-state index contributed by atoms with van der Waals surface area (Å²) in [5.41, 5.74) is 1.99. The van der Waals surface area contributed by atoms with E-state index in [2.05, 4.69) is 23.1 Å². The van der Waals surface area contributed by atoms with Crippen molar-refractivity contribution < 1.29 is 9.18 Å². The summed E-state index contributed by atoms with van der Waals surface area (Å²) in [4.78, 5) is 17.1. The van der Waals surface area contributed by atoms with Crippen LogP contribution in [0.1, 0.15) is 12.5 Å². The quantitative estimate of drug-likeness (QED) is 0.708. The Kier molecular flexibility index (Phi) is 4.43. The second kappa shape index (κ2) is 6.89. The number of halogens is 1.